The van der Waals surface area contributed by atoms with Crippen LogP contribution in [0, 0.1) is 13.8 Å². The summed E-state index contributed by atoms with van der Waals surface area (Å²) in [5.41, 5.74) is 8.02. The molecule has 0 aliphatic rings. The van der Waals surface area contributed by atoms with E-state index in [1.807, 2.05) is 50.2 Å². The van der Waals surface area contributed by atoms with Crippen LogP contribution < -0.4 is 10.7 Å². The lowest BCUT2D eigenvalue weighted by Crippen LogP contribution is -2.25. The second-order valence-electron chi connectivity index (χ2n) is 5.09. The molecule has 0 atom stereocenters. The van der Waals surface area contributed by atoms with Crippen LogP contribution in [0.4, 0.5) is 5.69 Å². The number of nitrogens with one attached hydrogen (secondary N) is 2. The number of benzene rings is 2. The number of anilines is 1. The molecule has 2 aromatic carbocycles. The summed E-state index contributed by atoms with van der Waals surface area (Å²) < 4.78 is 0. The Bertz CT molecular complexity index is 708. The number of rotatable bonds is 3. The van der Waals surface area contributed by atoms with Gasteiger partial charge in [-0.05, 0) is 62.3 Å². The summed E-state index contributed by atoms with van der Waals surface area (Å²) in [5.74, 6) is 0. The average molecular weight is 332 g/mol. The lowest BCUT2D eigenvalue weighted by atomic mass is 10.1. The molecule has 114 valence electrons. The number of thiocarbonyl (C=S) groups is 1. The summed E-state index contributed by atoms with van der Waals surface area (Å²) in [6, 6.07) is 13.7. The highest BCUT2D eigenvalue weighted by Crippen LogP contribution is 2.15. The Labute approximate surface area is 141 Å². The van der Waals surface area contributed by atoms with Crippen molar-refractivity contribution in [2.45, 2.75) is 20.8 Å². The van der Waals surface area contributed by atoms with Crippen molar-refractivity contribution >= 4 is 40.3 Å². The number of aryl methyl sites for hydroxylation is 2. The van der Waals surface area contributed by atoms with Crippen LogP contribution in [0.25, 0.3) is 0 Å². The zero-order chi connectivity index (χ0) is 16.1. The molecule has 0 heterocycles. The van der Waals surface area contributed by atoms with Crippen molar-refractivity contribution in [1.29, 1.82) is 0 Å². The quantitative estimate of drug-likeness (QED) is 0.487. The largest absolute Gasteiger partial charge is 0.331 e. The van der Waals surface area contributed by atoms with Crippen molar-refractivity contribution in [3.05, 3.63) is 64.2 Å². The van der Waals surface area contributed by atoms with E-state index in [4.69, 9.17) is 23.8 Å². The second-order valence-corrected chi connectivity index (χ2v) is 5.93. The molecule has 5 heteroatoms. The van der Waals surface area contributed by atoms with Crippen LogP contribution in [0.1, 0.15) is 23.6 Å². The highest BCUT2D eigenvalue weighted by atomic mass is 35.5. The lowest BCUT2D eigenvalue weighted by Gasteiger charge is -2.11. The highest BCUT2D eigenvalue weighted by Gasteiger charge is 2.02. The molecule has 0 bridgehead atoms. The van der Waals surface area contributed by atoms with Crippen LogP contribution in [-0.2, 0) is 0 Å². The van der Waals surface area contributed by atoms with Crippen molar-refractivity contribution in [2.24, 2.45) is 5.10 Å². The summed E-state index contributed by atoms with van der Waals surface area (Å²) in [5, 5.41) is 8.60. The first kappa shape index (κ1) is 16.5. The molecule has 0 amide bonds. The fraction of sp³-hybridized carbons (Fsp3) is 0.176. The molecule has 2 N–H and O–H groups in total. The van der Waals surface area contributed by atoms with Gasteiger partial charge in [0.1, 0.15) is 0 Å². The first-order chi connectivity index (χ1) is 10.5. The number of hydrazone groups is 1. The van der Waals surface area contributed by atoms with E-state index in [0.29, 0.717) is 10.1 Å². The van der Waals surface area contributed by atoms with Crippen LogP contribution >= 0.6 is 23.8 Å². The fourth-order valence-electron chi connectivity index (χ4n) is 1.99. The Hall–Kier alpha value is -1.91. The van der Waals surface area contributed by atoms with Gasteiger partial charge in [-0.25, -0.2) is 0 Å². The van der Waals surface area contributed by atoms with E-state index in [9.17, 15) is 0 Å². The van der Waals surface area contributed by atoms with Crippen LogP contribution in [0.5, 0.6) is 0 Å². The van der Waals surface area contributed by atoms with Gasteiger partial charge in [0.15, 0.2) is 5.11 Å². The van der Waals surface area contributed by atoms with Gasteiger partial charge in [0.2, 0.25) is 0 Å². The van der Waals surface area contributed by atoms with Gasteiger partial charge in [0, 0.05) is 10.7 Å². The minimum absolute atomic E-state index is 0.459. The highest BCUT2D eigenvalue weighted by molar-refractivity contribution is 7.80. The molecule has 0 aliphatic carbocycles. The maximum Gasteiger partial charge on any atom is 0.191 e. The molecular formula is C17H18ClN3S. The maximum absolute atomic E-state index is 5.87. The fourth-order valence-corrected chi connectivity index (χ4v) is 2.28. The minimum atomic E-state index is 0.459. The smallest absolute Gasteiger partial charge is 0.191 e. The zero-order valence-electron chi connectivity index (χ0n) is 12.8. The second kappa shape index (κ2) is 7.38. The lowest BCUT2D eigenvalue weighted by molar-refractivity contribution is 1.04. The van der Waals surface area contributed by atoms with E-state index in [1.165, 1.54) is 5.56 Å². The van der Waals surface area contributed by atoms with E-state index in [1.54, 1.807) is 0 Å². The summed E-state index contributed by atoms with van der Waals surface area (Å²) >= 11 is 11.1. The number of nitrogens with zero attached hydrogens (tertiary/aromatic N) is 1. The first-order valence-corrected chi connectivity index (χ1v) is 7.69. The number of hydrogen-bond donors (Lipinski definition) is 2. The van der Waals surface area contributed by atoms with E-state index in [0.717, 1.165) is 22.5 Å². The van der Waals surface area contributed by atoms with E-state index < -0.39 is 0 Å². The molecule has 22 heavy (non-hydrogen) atoms. The van der Waals surface area contributed by atoms with Gasteiger partial charge in [0.05, 0.1) is 5.71 Å². The van der Waals surface area contributed by atoms with Gasteiger partial charge >= 0.3 is 0 Å². The number of hydrogen-bond acceptors (Lipinski definition) is 2. The molecule has 3 nitrogen and oxygen atoms in total. The topological polar surface area (TPSA) is 36.4 Å². The Balaban J connectivity index is 1.99. The summed E-state index contributed by atoms with van der Waals surface area (Å²) in [6.07, 6.45) is 0. The Morgan fingerprint density at radius 2 is 1.77 bits per heavy atom. The average Bonchev–Trinajstić information content (AvgIpc) is 2.48. The van der Waals surface area contributed by atoms with Crippen LogP contribution in [-0.4, -0.2) is 10.8 Å². The molecule has 0 fully saturated rings. The van der Waals surface area contributed by atoms with Crippen molar-refractivity contribution in [2.75, 3.05) is 5.32 Å². The van der Waals surface area contributed by atoms with Gasteiger partial charge < -0.3 is 5.32 Å². The van der Waals surface area contributed by atoms with Crippen LogP contribution in [0.2, 0.25) is 5.02 Å². The zero-order valence-corrected chi connectivity index (χ0v) is 14.3. The third kappa shape index (κ3) is 4.55. The predicted octanol–water partition coefficient (Wildman–Crippen LogP) is 4.67. The van der Waals surface area contributed by atoms with Gasteiger partial charge in [-0.3, -0.25) is 5.43 Å². The van der Waals surface area contributed by atoms with Crippen molar-refractivity contribution < 1.29 is 0 Å². The van der Waals surface area contributed by atoms with Gasteiger partial charge in [-0.1, -0.05) is 41.4 Å². The Morgan fingerprint density at radius 1 is 1.09 bits per heavy atom. The number of halogens is 1. The first-order valence-electron chi connectivity index (χ1n) is 6.90. The molecule has 0 saturated carbocycles. The molecule has 0 saturated heterocycles. The molecule has 0 radical (unpaired) electrons. The van der Waals surface area contributed by atoms with Crippen LogP contribution in [0.15, 0.2) is 47.6 Å². The summed E-state index contributed by atoms with van der Waals surface area (Å²) in [4.78, 5) is 0. The van der Waals surface area contributed by atoms with Gasteiger partial charge in [0.25, 0.3) is 0 Å². The Morgan fingerprint density at radius 3 is 2.41 bits per heavy atom. The van der Waals surface area contributed by atoms with Crippen LogP contribution in [0.3, 0.4) is 0 Å². The van der Waals surface area contributed by atoms with E-state index >= 15 is 0 Å². The molecule has 2 aromatic rings. The monoisotopic (exact) mass is 331 g/mol. The molecule has 2 rings (SSSR count). The maximum atomic E-state index is 5.87. The molecule has 0 aliphatic heterocycles. The normalized spacial score (nSPS) is 11.2. The van der Waals surface area contributed by atoms with Gasteiger partial charge in [-0.15, -0.1) is 0 Å². The molecule has 0 unspecified atom stereocenters. The molecule has 0 spiro atoms. The van der Waals surface area contributed by atoms with Gasteiger partial charge in [-0.2, -0.15) is 5.10 Å². The SMILES string of the molecule is CC(=NNC(=S)Nc1ccc(C)cc1C)c1ccc(Cl)cc1. The molecule has 0 aromatic heterocycles. The van der Waals surface area contributed by atoms with Crippen molar-refractivity contribution in [3.63, 3.8) is 0 Å². The van der Waals surface area contributed by atoms with E-state index in [-0.39, 0.29) is 0 Å². The predicted molar refractivity (Wildman–Crippen MR) is 98.9 cm³/mol. The van der Waals surface area contributed by atoms with E-state index in [2.05, 4.69) is 28.8 Å². The third-order valence-electron chi connectivity index (χ3n) is 3.22. The standard InChI is InChI=1S/C17H18ClN3S/c1-11-4-9-16(12(2)10-11)19-17(22)21-20-13(3)14-5-7-15(18)8-6-14/h4-10H,1-3H3,(H2,19,21,22). The van der Waals surface area contributed by atoms with Crippen molar-refractivity contribution in [1.82, 2.24) is 5.43 Å². The molecular weight excluding hydrogens is 314 g/mol. The Kier molecular flexibility index (Phi) is 5.52. The minimum Gasteiger partial charge on any atom is -0.331 e. The van der Waals surface area contributed by atoms with Crippen molar-refractivity contribution in [3.8, 4) is 0 Å². The summed E-state index contributed by atoms with van der Waals surface area (Å²) in [7, 11) is 0. The third-order valence-corrected chi connectivity index (χ3v) is 3.66. The summed E-state index contributed by atoms with van der Waals surface area (Å²) in [6.45, 7) is 6.02.